The Morgan fingerprint density at radius 1 is 1.50 bits per heavy atom. The molecule has 0 bridgehead atoms. The summed E-state index contributed by atoms with van der Waals surface area (Å²) in [7, 11) is 0. The smallest absolute Gasteiger partial charge is 0.0930 e. The first-order valence-electron chi connectivity index (χ1n) is 4.63. The Kier molecular flexibility index (Phi) is 3.60. The first-order valence-corrected chi connectivity index (χ1v) is 4.63. The summed E-state index contributed by atoms with van der Waals surface area (Å²) >= 11 is 0. The lowest BCUT2D eigenvalue weighted by Crippen LogP contribution is -2.32. The van der Waals surface area contributed by atoms with Gasteiger partial charge in [0.15, 0.2) is 0 Å². The minimum atomic E-state index is 0.354. The normalized spacial score (nSPS) is 21.8. The van der Waals surface area contributed by atoms with Crippen LogP contribution in [0.1, 0.15) is 26.2 Å². The molecule has 0 amide bonds. The Bertz CT molecular complexity index is 137. The zero-order valence-corrected chi connectivity index (χ0v) is 7.84. The van der Waals surface area contributed by atoms with Crippen molar-refractivity contribution in [2.75, 3.05) is 19.8 Å². The molecule has 1 rings (SSSR count). The number of hydrogen-bond donors (Lipinski definition) is 0. The molecule has 1 heterocycles. The molecule has 70 valence electrons. The van der Waals surface area contributed by atoms with Crippen LogP contribution in [0.3, 0.4) is 0 Å². The third-order valence-electron chi connectivity index (χ3n) is 2.81. The summed E-state index contributed by atoms with van der Waals surface area (Å²) in [5.74, 6) is 0. The molecule has 1 saturated heterocycles. The van der Waals surface area contributed by atoms with Gasteiger partial charge in [-0.2, -0.15) is 0 Å². The Morgan fingerprint density at radius 3 is 2.67 bits per heavy atom. The van der Waals surface area contributed by atoms with Crippen molar-refractivity contribution >= 4 is 0 Å². The molecule has 0 spiro atoms. The van der Waals surface area contributed by atoms with Crippen molar-refractivity contribution < 1.29 is 9.47 Å². The highest BCUT2D eigenvalue weighted by Crippen LogP contribution is 2.34. The van der Waals surface area contributed by atoms with Crippen molar-refractivity contribution in [3.63, 3.8) is 0 Å². The molecule has 0 aromatic carbocycles. The van der Waals surface area contributed by atoms with Crippen LogP contribution < -0.4 is 0 Å². The van der Waals surface area contributed by atoms with Gasteiger partial charge in [0.2, 0.25) is 0 Å². The molecule has 1 aliphatic rings. The lowest BCUT2D eigenvalue weighted by atomic mass is 9.79. The summed E-state index contributed by atoms with van der Waals surface area (Å²) in [6.45, 7) is 8.35. The SMILES string of the molecule is C=COCC1(CC)CCOCC1. The maximum atomic E-state index is 5.33. The van der Waals surface area contributed by atoms with Gasteiger partial charge in [-0.05, 0) is 19.3 Å². The van der Waals surface area contributed by atoms with Crippen LogP contribution in [0.5, 0.6) is 0 Å². The van der Waals surface area contributed by atoms with Gasteiger partial charge in [-0.15, -0.1) is 0 Å². The third-order valence-corrected chi connectivity index (χ3v) is 2.81. The Morgan fingerprint density at radius 2 is 2.17 bits per heavy atom. The molecule has 2 heteroatoms. The molecule has 0 saturated carbocycles. The third kappa shape index (κ3) is 2.24. The van der Waals surface area contributed by atoms with Gasteiger partial charge in [0.05, 0.1) is 12.9 Å². The van der Waals surface area contributed by atoms with E-state index in [9.17, 15) is 0 Å². The van der Waals surface area contributed by atoms with E-state index in [0.29, 0.717) is 5.41 Å². The summed E-state index contributed by atoms with van der Waals surface area (Å²) in [5.41, 5.74) is 0.354. The van der Waals surface area contributed by atoms with Crippen LogP contribution in [-0.4, -0.2) is 19.8 Å². The molecule has 2 nitrogen and oxygen atoms in total. The van der Waals surface area contributed by atoms with Gasteiger partial charge in [0.25, 0.3) is 0 Å². The molecular weight excluding hydrogens is 152 g/mol. The summed E-state index contributed by atoms with van der Waals surface area (Å²) in [5, 5.41) is 0. The highest BCUT2D eigenvalue weighted by Gasteiger charge is 2.31. The Hall–Kier alpha value is -0.500. The van der Waals surface area contributed by atoms with Gasteiger partial charge >= 0.3 is 0 Å². The largest absolute Gasteiger partial charge is 0.501 e. The van der Waals surface area contributed by atoms with E-state index in [1.54, 1.807) is 0 Å². The van der Waals surface area contributed by atoms with Gasteiger partial charge in [-0.1, -0.05) is 13.5 Å². The lowest BCUT2D eigenvalue weighted by molar-refractivity contribution is -0.0214. The van der Waals surface area contributed by atoms with E-state index in [0.717, 1.165) is 32.7 Å². The van der Waals surface area contributed by atoms with E-state index in [1.807, 2.05) is 0 Å². The summed E-state index contributed by atoms with van der Waals surface area (Å²) < 4.78 is 10.6. The maximum absolute atomic E-state index is 5.33. The molecule has 0 radical (unpaired) electrons. The number of ether oxygens (including phenoxy) is 2. The van der Waals surface area contributed by atoms with Crippen LogP contribution in [0.2, 0.25) is 0 Å². The van der Waals surface area contributed by atoms with E-state index in [4.69, 9.17) is 9.47 Å². The van der Waals surface area contributed by atoms with Gasteiger partial charge in [-0.3, -0.25) is 0 Å². The molecule has 1 fully saturated rings. The van der Waals surface area contributed by atoms with Crippen LogP contribution >= 0.6 is 0 Å². The van der Waals surface area contributed by atoms with Crippen molar-refractivity contribution in [1.82, 2.24) is 0 Å². The van der Waals surface area contributed by atoms with Crippen molar-refractivity contribution in [1.29, 1.82) is 0 Å². The van der Waals surface area contributed by atoms with E-state index in [1.165, 1.54) is 12.7 Å². The standard InChI is InChI=1S/C10H18O2/c1-3-10(9-11-4-2)5-7-12-8-6-10/h4H,2-3,5-9H2,1H3. The van der Waals surface area contributed by atoms with E-state index >= 15 is 0 Å². The van der Waals surface area contributed by atoms with Crippen LogP contribution in [0.4, 0.5) is 0 Å². The summed E-state index contributed by atoms with van der Waals surface area (Å²) in [6.07, 6.45) is 4.95. The predicted molar refractivity (Wildman–Crippen MR) is 48.9 cm³/mol. The molecule has 0 N–H and O–H groups in total. The first-order chi connectivity index (χ1) is 5.83. The predicted octanol–water partition coefficient (Wildman–Crippen LogP) is 2.35. The first kappa shape index (κ1) is 9.59. The molecule has 0 atom stereocenters. The fourth-order valence-corrected chi connectivity index (χ4v) is 1.64. The Labute approximate surface area is 74.6 Å². The zero-order chi connectivity index (χ0) is 8.86. The molecule has 0 aromatic heterocycles. The van der Waals surface area contributed by atoms with E-state index in [-0.39, 0.29) is 0 Å². The molecular formula is C10H18O2. The van der Waals surface area contributed by atoms with Crippen LogP contribution in [-0.2, 0) is 9.47 Å². The minimum Gasteiger partial charge on any atom is -0.501 e. The highest BCUT2D eigenvalue weighted by atomic mass is 16.5. The fourth-order valence-electron chi connectivity index (χ4n) is 1.64. The Balaban J connectivity index is 2.41. The van der Waals surface area contributed by atoms with Crippen LogP contribution in [0, 0.1) is 5.41 Å². The monoisotopic (exact) mass is 170 g/mol. The molecule has 0 aromatic rings. The van der Waals surface area contributed by atoms with Crippen LogP contribution in [0.15, 0.2) is 12.8 Å². The van der Waals surface area contributed by atoms with Crippen LogP contribution in [0.25, 0.3) is 0 Å². The van der Waals surface area contributed by atoms with Gasteiger partial charge in [-0.25, -0.2) is 0 Å². The number of hydrogen-bond acceptors (Lipinski definition) is 2. The second-order valence-corrected chi connectivity index (χ2v) is 3.44. The van der Waals surface area contributed by atoms with Crippen molar-refractivity contribution in [2.45, 2.75) is 26.2 Å². The zero-order valence-electron chi connectivity index (χ0n) is 7.84. The highest BCUT2D eigenvalue weighted by molar-refractivity contribution is 4.80. The summed E-state index contributed by atoms with van der Waals surface area (Å²) in [4.78, 5) is 0. The van der Waals surface area contributed by atoms with Crippen molar-refractivity contribution in [2.24, 2.45) is 5.41 Å². The molecule has 12 heavy (non-hydrogen) atoms. The van der Waals surface area contributed by atoms with Gasteiger partial charge in [0, 0.05) is 18.6 Å². The quantitative estimate of drug-likeness (QED) is 0.603. The lowest BCUT2D eigenvalue weighted by Gasteiger charge is -2.35. The molecule has 1 aliphatic heterocycles. The second kappa shape index (κ2) is 4.51. The van der Waals surface area contributed by atoms with Gasteiger partial charge in [0.1, 0.15) is 0 Å². The van der Waals surface area contributed by atoms with E-state index in [2.05, 4.69) is 13.5 Å². The average molecular weight is 170 g/mol. The van der Waals surface area contributed by atoms with Gasteiger partial charge < -0.3 is 9.47 Å². The fraction of sp³-hybridized carbons (Fsp3) is 0.800. The number of rotatable bonds is 4. The average Bonchev–Trinajstić information content (AvgIpc) is 2.16. The van der Waals surface area contributed by atoms with E-state index < -0.39 is 0 Å². The second-order valence-electron chi connectivity index (χ2n) is 3.44. The minimum absolute atomic E-state index is 0.354. The van der Waals surface area contributed by atoms with Crippen molar-refractivity contribution in [3.8, 4) is 0 Å². The maximum Gasteiger partial charge on any atom is 0.0930 e. The summed E-state index contributed by atoms with van der Waals surface area (Å²) in [6, 6.07) is 0. The van der Waals surface area contributed by atoms with Crippen molar-refractivity contribution in [3.05, 3.63) is 12.8 Å². The molecule has 0 unspecified atom stereocenters. The topological polar surface area (TPSA) is 18.5 Å². The molecule has 0 aliphatic carbocycles.